The molecule has 1 aromatic carbocycles. The second-order valence-corrected chi connectivity index (χ2v) is 5.19. The van der Waals surface area contributed by atoms with Crippen molar-refractivity contribution in [3.05, 3.63) is 38.9 Å². The summed E-state index contributed by atoms with van der Waals surface area (Å²) >= 11 is 5.65. The number of carbonyl (C=O) groups is 3. The van der Waals surface area contributed by atoms with Crippen LogP contribution in [0.15, 0.2) is 18.2 Å². The number of nitro groups is 1. The van der Waals surface area contributed by atoms with Crippen molar-refractivity contribution in [1.29, 1.82) is 0 Å². The van der Waals surface area contributed by atoms with Crippen LogP contribution in [0.5, 0.6) is 0 Å². The highest BCUT2D eigenvalue weighted by atomic mass is 35.5. The molecule has 0 bridgehead atoms. The van der Waals surface area contributed by atoms with E-state index in [9.17, 15) is 24.5 Å². The van der Waals surface area contributed by atoms with Gasteiger partial charge in [-0.3, -0.25) is 19.7 Å². The number of halogens is 1. The third-order valence-corrected chi connectivity index (χ3v) is 3.13. The molecule has 9 nitrogen and oxygen atoms in total. The van der Waals surface area contributed by atoms with E-state index in [2.05, 4.69) is 5.32 Å². The van der Waals surface area contributed by atoms with Gasteiger partial charge < -0.3 is 14.8 Å². The van der Waals surface area contributed by atoms with Crippen LogP contribution < -0.4 is 5.32 Å². The molecule has 1 amide bonds. The summed E-state index contributed by atoms with van der Waals surface area (Å²) in [7, 11) is 0. The highest BCUT2D eigenvalue weighted by molar-refractivity contribution is 6.31. The molecule has 0 saturated heterocycles. The predicted molar refractivity (Wildman–Crippen MR) is 87.3 cm³/mol. The second-order valence-electron chi connectivity index (χ2n) is 4.75. The lowest BCUT2D eigenvalue weighted by atomic mass is 10.2. The van der Waals surface area contributed by atoms with Crippen molar-refractivity contribution in [2.45, 2.75) is 19.8 Å². The van der Waals surface area contributed by atoms with Crippen LogP contribution in [0.1, 0.15) is 30.1 Å². The number of nitrogens with one attached hydrogen (secondary N) is 1. The number of carbonyl (C=O) groups excluding carboxylic acids is 3. The summed E-state index contributed by atoms with van der Waals surface area (Å²) in [5.41, 5.74) is -0.808. The van der Waals surface area contributed by atoms with Crippen LogP contribution in [-0.2, 0) is 19.1 Å². The van der Waals surface area contributed by atoms with E-state index >= 15 is 0 Å². The van der Waals surface area contributed by atoms with E-state index in [0.29, 0.717) is 6.42 Å². The minimum Gasteiger partial charge on any atom is -0.466 e. The Morgan fingerprint density at radius 2 is 2.00 bits per heavy atom. The molecular weight excluding hydrogens is 356 g/mol. The van der Waals surface area contributed by atoms with Crippen molar-refractivity contribution in [2.24, 2.45) is 0 Å². The largest absolute Gasteiger partial charge is 0.466 e. The minimum absolute atomic E-state index is 0.0996. The van der Waals surface area contributed by atoms with Gasteiger partial charge in [-0.2, -0.15) is 0 Å². The number of amides is 1. The standard InChI is InChI=1S/C15H17ClN2O7/c1-2-24-14(20)4-3-7-17-13(19)9-25-15(21)11-6-5-10(16)8-12(11)18(22)23/h5-6,8H,2-4,7,9H2,1H3,(H,17,19). The summed E-state index contributed by atoms with van der Waals surface area (Å²) in [6.45, 7) is 1.59. The second kappa shape index (κ2) is 10.2. The van der Waals surface area contributed by atoms with Gasteiger partial charge in [-0.1, -0.05) is 11.6 Å². The number of benzene rings is 1. The molecule has 0 radical (unpaired) electrons. The number of nitrogens with zero attached hydrogens (tertiary/aromatic N) is 1. The van der Waals surface area contributed by atoms with E-state index in [4.69, 9.17) is 21.1 Å². The number of hydrogen-bond acceptors (Lipinski definition) is 7. The van der Waals surface area contributed by atoms with Crippen LogP contribution in [0, 0.1) is 10.1 Å². The Morgan fingerprint density at radius 1 is 1.28 bits per heavy atom. The molecular formula is C15H17ClN2O7. The maximum Gasteiger partial charge on any atom is 0.345 e. The summed E-state index contributed by atoms with van der Waals surface area (Å²) in [4.78, 5) is 44.7. The summed E-state index contributed by atoms with van der Waals surface area (Å²) in [6.07, 6.45) is 0.534. The first kappa shape index (κ1) is 20.4. The van der Waals surface area contributed by atoms with Crippen molar-refractivity contribution < 1.29 is 28.8 Å². The molecule has 1 aromatic rings. The fraction of sp³-hybridized carbons (Fsp3) is 0.400. The normalized spacial score (nSPS) is 10.0. The van der Waals surface area contributed by atoms with Crippen LogP contribution in [0.25, 0.3) is 0 Å². The highest BCUT2D eigenvalue weighted by Crippen LogP contribution is 2.23. The van der Waals surface area contributed by atoms with Crippen LogP contribution in [0.3, 0.4) is 0 Å². The van der Waals surface area contributed by atoms with Gasteiger partial charge in [-0.25, -0.2) is 4.79 Å². The Labute approximate surface area is 148 Å². The van der Waals surface area contributed by atoms with Crippen LogP contribution in [-0.4, -0.2) is 42.5 Å². The summed E-state index contributed by atoms with van der Waals surface area (Å²) < 4.78 is 9.48. The Kier molecular flexibility index (Phi) is 8.34. The molecule has 0 aromatic heterocycles. The number of ether oxygens (including phenoxy) is 2. The fourth-order valence-corrected chi connectivity index (χ4v) is 1.95. The van der Waals surface area contributed by atoms with E-state index < -0.39 is 29.1 Å². The van der Waals surface area contributed by atoms with Gasteiger partial charge in [0.05, 0.1) is 11.5 Å². The Balaban J connectivity index is 2.43. The van der Waals surface area contributed by atoms with Gasteiger partial charge in [0, 0.05) is 24.1 Å². The smallest absolute Gasteiger partial charge is 0.345 e. The molecule has 0 aliphatic heterocycles. The molecule has 1 N–H and O–H groups in total. The first-order chi connectivity index (χ1) is 11.8. The Morgan fingerprint density at radius 3 is 2.64 bits per heavy atom. The van der Waals surface area contributed by atoms with Crippen molar-refractivity contribution >= 4 is 35.1 Å². The molecule has 25 heavy (non-hydrogen) atoms. The van der Waals surface area contributed by atoms with Gasteiger partial charge in [0.25, 0.3) is 11.6 Å². The molecule has 0 aliphatic rings. The minimum atomic E-state index is -1.01. The first-order valence-corrected chi connectivity index (χ1v) is 7.76. The number of rotatable bonds is 9. The van der Waals surface area contributed by atoms with Crippen LogP contribution >= 0.6 is 11.6 Å². The quantitative estimate of drug-likeness (QED) is 0.303. The number of esters is 2. The van der Waals surface area contributed by atoms with Crippen molar-refractivity contribution in [1.82, 2.24) is 5.32 Å². The van der Waals surface area contributed by atoms with Gasteiger partial charge >= 0.3 is 11.9 Å². The lowest BCUT2D eigenvalue weighted by molar-refractivity contribution is -0.385. The van der Waals surface area contributed by atoms with Gasteiger partial charge in [0.2, 0.25) is 0 Å². The number of nitro benzene ring substituents is 1. The topological polar surface area (TPSA) is 125 Å². The van der Waals surface area contributed by atoms with E-state index in [-0.39, 0.29) is 36.1 Å². The molecule has 0 fully saturated rings. The van der Waals surface area contributed by atoms with Crippen LogP contribution in [0.2, 0.25) is 5.02 Å². The third-order valence-electron chi connectivity index (χ3n) is 2.90. The average molecular weight is 373 g/mol. The maximum absolute atomic E-state index is 11.9. The Bertz CT molecular complexity index is 663. The van der Waals surface area contributed by atoms with Crippen molar-refractivity contribution in [3.63, 3.8) is 0 Å². The molecule has 10 heteroatoms. The maximum atomic E-state index is 11.9. The summed E-state index contributed by atoms with van der Waals surface area (Å²) in [6, 6.07) is 3.48. The molecule has 0 saturated carbocycles. The van der Waals surface area contributed by atoms with Crippen LogP contribution in [0.4, 0.5) is 5.69 Å². The zero-order valence-electron chi connectivity index (χ0n) is 13.5. The van der Waals surface area contributed by atoms with Gasteiger partial charge in [0.1, 0.15) is 5.56 Å². The molecule has 0 unspecified atom stereocenters. The van der Waals surface area contributed by atoms with Crippen molar-refractivity contribution in [2.75, 3.05) is 19.8 Å². The SMILES string of the molecule is CCOC(=O)CCCNC(=O)COC(=O)c1ccc(Cl)cc1[N+](=O)[O-]. The molecule has 0 atom stereocenters. The zero-order valence-corrected chi connectivity index (χ0v) is 14.2. The summed E-state index contributed by atoms with van der Waals surface area (Å²) in [5.74, 6) is -1.96. The van der Waals surface area contributed by atoms with Gasteiger partial charge in [-0.15, -0.1) is 0 Å². The molecule has 0 aliphatic carbocycles. The monoisotopic (exact) mass is 372 g/mol. The third kappa shape index (κ3) is 7.17. The van der Waals surface area contributed by atoms with Crippen molar-refractivity contribution in [3.8, 4) is 0 Å². The lowest BCUT2D eigenvalue weighted by Crippen LogP contribution is -2.30. The molecule has 0 heterocycles. The molecule has 136 valence electrons. The zero-order chi connectivity index (χ0) is 18.8. The molecule has 1 rings (SSSR count). The highest BCUT2D eigenvalue weighted by Gasteiger charge is 2.22. The van der Waals surface area contributed by atoms with E-state index in [1.54, 1.807) is 6.92 Å². The Hall–Kier alpha value is -2.68. The molecule has 0 spiro atoms. The number of hydrogen-bond donors (Lipinski definition) is 1. The van der Waals surface area contributed by atoms with E-state index in [0.717, 1.165) is 12.1 Å². The van der Waals surface area contributed by atoms with Gasteiger partial charge in [0.15, 0.2) is 6.61 Å². The first-order valence-electron chi connectivity index (χ1n) is 7.38. The lowest BCUT2D eigenvalue weighted by Gasteiger charge is -2.07. The summed E-state index contributed by atoms with van der Waals surface area (Å²) in [5, 5.41) is 13.5. The van der Waals surface area contributed by atoms with E-state index in [1.165, 1.54) is 6.07 Å². The fourth-order valence-electron chi connectivity index (χ4n) is 1.78. The van der Waals surface area contributed by atoms with E-state index in [1.807, 2.05) is 0 Å². The predicted octanol–water partition coefficient (Wildman–Crippen LogP) is 1.86. The van der Waals surface area contributed by atoms with Gasteiger partial charge in [-0.05, 0) is 25.5 Å². The average Bonchev–Trinajstić information content (AvgIpc) is 2.56.